The van der Waals surface area contributed by atoms with E-state index in [9.17, 15) is 14.0 Å². The first-order valence-corrected chi connectivity index (χ1v) is 12.9. The van der Waals surface area contributed by atoms with Gasteiger partial charge in [-0.3, -0.25) is 19.5 Å². The van der Waals surface area contributed by atoms with Gasteiger partial charge in [0.15, 0.2) is 0 Å². The molecule has 5 rings (SSSR count). The summed E-state index contributed by atoms with van der Waals surface area (Å²) in [4.78, 5) is 36.3. The number of pyridine rings is 1. The molecule has 2 aromatic carbocycles. The van der Waals surface area contributed by atoms with Crippen molar-refractivity contribution in [2.45, 2.75) is 19.0 Å². The van der Waals surface area contributed by atoms with Gasteiger partial charge in [-0.25, -0.2) is 4.39 Å². The van der Waals surface area contributed by atoms with Gasteiger partial charge in [-0.2, -0.15) is 0 Å². The van der Waals surface area contributed by atoms with Crippen molar-refractivity contribution in [3.63, 3.8) is 0 Å². The molecule has 1 atom stereocenters. The predicted molar refractivity (Wildman–Crippen MR) is 141 cm³/mol. The van der Waals surface area contributed by atoms with E-state index < -0.39 is 0 Å². The number of carbonyl (C=O) groups excluding carboxylic acids is 2. The van der Waals surface area contributed by atoms with Gasteiger partial charge >= 0.3 is 0 Å². The Hall–Kier alpha value is -3.49. The third-order valence-corrected chi connectivity index (χ3v) is 7.18. The molecule has 2 saturated heterocycles. The summed E-state index contributed by atoms with van der Waals surface area (Å²) in [5.41, 5.74) is 2.90. The molecule has 0 saturated carbocycles. The van der Waals surface area contributed by atoms with Crippen molar-refractivity contribution < 1.29 is 14.0 Å². The van der Waals surface area contributed by atoms with Gasteiger partial charge in [-0.1, -0.05) is 23.7 Å². The first kappa shape index (κ1) is 25.2. The van der Waals surface area contributed by atoms with E-state index in [-0.39, 0.29) is 23.7 Å². The standard InChI is InChI=1S/C28H29ClFN5O2/c29-22-4-8-25(9-5-22)34-13-15-35(16-14-34)28(37)21-3-10-26(31-17-21)27(36)32-24-11-12-33(19-24)18-20-1-6-23(30)7-2-20/h1-10,17,24H,11-16,18-19H2,(H,32,36)/t24-/m0/s1. The third-order valence-electron chi connectivity index (χ3n) is 6.93. The predicted octanol–water partition coefficient (Wildman–Crippen LogP) is 3.84. The number of hydrogen-bond donors (Lipinski definition) is 1. The second-order valence-electron chi connectivity index (χ2n) is 9.51. The maximum Gasteiger partial charge on any atom is 0.270 e. The van der Waals surface area contributed by atoms with Crippen molar-refractivity contribution in [1.29, 1.82) is 0 Å². The quantitative estimate of drug-likeness (QED) is 0.534. The number of carbonyl (C=O) groups is 2. The monoisotopic (exact) mass is 521 g/mol. The summed E-state index contributed by atoms with van der Waals surface area (Å²) < 4.78 is 13.1. The highest BCUT2D eigenvalue weighted by molar-refractivity contribution is 6.30. The number of hydrogen-bond acceptors (Lipinski definition) is 5. The van der Waals surface area contributed by atoms with Crippen molar-refractivity contribution in [3.05, 3.63) is 94.5 Å². The molecule has 3 aromatic rings. The second-order valence-corrected chi connectivity index (χ2v) is 9.94. The number of nitrogens with zero attached hydrogens (tertiary/aromatic N) is 4. The SMILES string of the molecule is O=C(N[C@H]1CCN(Cc2ccc(F)cc2)C1)c1ccc(C(=O)N2CCN(c3ccc(Cl)cc3)CC2)cn1. The number of aromatic nitrogens is 1. The van der Waals surface area contributed by atoms with Gasteiger partial charge < -0.3 is 15.1 Å². The van der Waals surface area contributed by atoms with Gasteiger partial charge in [-0.15, -0.1) is 0 Å². The summed E-state index contributed by atoms with van der Waals surface area (Å²) in [5.74, 6) is -0.570. The molecule has 0 aliphatic carbocycles. The zero-order valence-corrected chi connectivity index (χ0v) is 21.2. The van der Waals surface area contributed by atoms with Crippen LogP contribution < -0.4 is 10.2 Å². The van der Waals surface area contributed by atoms with Crippen LogP contribution in [0.2, 0.25) is 5.02 Å². The average Bonchev–Trinajstić information content (AvgIpc) is 3.36. The molecule has 3 heterocycles. The second kappa shape index (κ2) is 11.3. The minimum atomic E-state index is -0.246. The van der Waals surface area contributed by atoms with Gasteiger partial charge in [0.05, 0.1) is 5.56 Å². The molecule has 37 heavy (non-hydrogen) atoms. The van der Waals surface area contributed by atoms with Gasteiger partial charge in [0.1, 0.15) is 11.5 Å². The van der Waals surface area contributed by atoms with Crippen molar-refractivity contribution in [2.24, 2.45) is 0 Å². The Balaban J connectivity index is 1.10. The Morgan fingerprint density at radius 3 is 2.35 bits per heavy atom. The van der Waals surface area contributed by atoms with E-state index in [4.69, 9.17) is 11.6 Å². The van der Waals surface area contributed by atoms with Crippen LogP contribution in [0.4, 0.5) is 10.1 Å². The minimum Gasteiger partial charge on any atom is -0.368 e. The number of benzene rings is 2. The molecule has 9 heteroatoms. The number of rotatable bonds is 6. The Morgan fingerprint density at radius 1 is 0.946 bits per heavy atom. The fourth-order valence-electron chi connectivity index (χ4n) is 4.86. The Morgan fingerprint density at radius 2 is 1.68 bits per heavy atom. The van der Waals surface area contributed by atoms with Crippen molar-refractivity contribution in [1.82, 2.24) is 20.1 Å². The molecule has 2 fully saturated rings. The van der Waals surface area contributed by atoms with Gasteiger partial charge in [0, 0.05) is 68.8 Å². The Labute approximate surface area is 220 Å². The smallest absolute Gasteiger partial charge is 0.270 e. The summed E-state index contributed by atoms with van der Waals surface area (Å²) in [6.07, 6.45) is 2.32. The number of anilines is 1. The van der Waals surface area contributed by atoms with E-state index in [2.05, 4.69) is 20.1 Å². The van der Waals surface area contributed by atoms with E-state index in [0.29, 0.717) is 29.4 Å². The number of nitrogens with one attached hydrogen (secondary N) is 1. The highest BCUT2D eigenvalue weighted by atomic mass is 35.5. The number of halogens is 2. The molecule has 0 unspecified atom stereocenters. The lowest BCUT2D eigenvalue weighted by Gasteiger charge is -2.36. The molecule has 2 aliphatic heterocycles. The average molecular weight is 522 g/mol. The lowest BCUT2D eigenvalue weighted by Crippen LogP contribution is -2.48. The van der Waals surface area contributed by atoms with Crippen LogP contribution in [0.5, 0.6) is 0 Å². The lowest BCUT2D eigenvalue weighted by molar-refractivity contribution is 0.0745. The lowest BCUT2D eigenvalue weighted by atomic mass is 10.2. The maximum absolute atomic E-state index is 13.1. The normalized spacial score (nSPS) is 18.2. The Bertz CT molecular complexity index is 1230. The molecule has 1 N–H and O–H groups in total. The molecular weight excluding hydrogens is 493 g/mol. The fourth-order valence-corrected chi connectivity index (χ4v) is 4.98. The van der Waals surface area contributed by atoms with Crippen LogP contribution >= 0.6 is 11.6 Å². The fraction of sp³-hybridized carbons (Fsp3) is 0.321. The molecular formula is C28H29ClFN5O2. The van der Waals surface area contributed by atoms with E-state index in [1.54, 1.807) is 24.3 Å². The van der Waals surface area contributed by atoms with Crippen LogP contribution in [-0.4, -0.2) is 71.9 Å². The summed E-state index contributed by atoms with van der Waals surface area (Å²) in [6.45, 7) is 4.99. The number of likely N-dealkylation sites (tertiary alicyclic amines) is 1. The molecule has 1 aromatic heterocycles. The highest BCUT2D eigenvalue weighted by Gasteiger charge is 2.26. The zero-order chi connectivity index (χ0) is 25.8. The highest BCUT2D eigenvalue weighted by Crippen LogP contribution is 2.20. The molecule has 2 amide bonds. The molecule has 0 bridgehead atoms. The van der Waals surface area contributed by atoms with Gasteiger partial charge in [-0.05, 0) is 60.5 Å². The van der Waals surface area contributed by atoms with Crippen LogP contribution in [0.25, 0.3) is 0 Å². The van der Waals surface area contributed by atoms with Crippen molar-refractivity contribution in [3.8, 4) is 0 Å². The van der Waals surface area contributed by atoms with Gasteiger partial charge in [0.25, 0.3) is 11.8 Å². The summed E-state index contributed by atoms with van der Waals surface area (Å²) in [6, 6.07) is 17.5. The van der Waals surface area contributed by atoms with E-state index in [0.717, 1.165) is 50.4 Å². The van der Waals surface area contributed by atoms with Crippen molar-refractivity contribution in [2.75, 3.05) is 44.2 Å². The summed E-state index contributed by atoms with van der Waals surface area (Å²) in [7, 11) is 0. The van der Waals surface area contributed by atoms with E-state index in [1.165, 1.54) is 18.3 Å². The number of piperazine rings is 1. The van der Waals surface area contributed by atoms with E-state index in [1.807, 2.05) is 29.2 Å². The third kappa shape index (κ3) is 6.26. The first-order chi connectivity index (χ1) is 17.9. The van der Waals surface area contributed by atoms with Crippen LogP contribution in [-0.2, 0) is 6.54 Å². The van der Waals surface area contributed by atoms with Crippen LogP contribution in [0.3, 0.4) is 0 Å². The topological polar surface area (TPSA) is 68.8 Å². The van der Waals surface area contributed by atoms with E-state index >= 15 is 0 Å². The largest absolute Gasteiger partial charge is 0.368 e. The minimum absolute atomic E-state index is 0.0213. The molecule has 0 spiro atoms. The van der Waals surface area contributed by atoms with Crippen LogP contribution in [0.1, 0.15) is 32.8 Å². The van der Waals surface area contributed by atoms with Crippen LogP contribution in [0.15, 0.2) is 66.9 Å². The first-order valence-electron chi connectivity index (χ1n) is 12.5. The molecule has 7 nitrogen and oxygen atoms in total. The molecule has 0 radical (unpaired) electrons. The van der Waals surface area contributed by atoms with Crippen molar-refractivity contribution >= 4 is 29.1 Å². The Kier molecular flexibility index (Phi) is 7.67. The van der Waals surface area contributed by atoms with Crippen LogP contribution in [0, 0.1) is 5.82 Å². The molecule has 192 valence electrons. The van der Waals surface area contributed by atoms with Gasteiger partial charge in [0.2, 0.25) is 0 Å². The zero-order valence-electron chi connectivity index (χ0n) is 20.4. The number of amides is 2. The summed E-state index contributed by atoms with van der Waals surface area (Å²) in [5, 5.41) is 3.75. The summed E-state index contributed by atoms with van der Waals surface area (Å²) >= 11 is 5.98. The molecule has 2 aliphatic rings. The maximum atomic E-state index is 13.1.